The minimum Gasteiger partial charge on any atom is -0.316 e. The second-order valence-electron chi connectivity index (χ2n) is 3.45. The largest absolute Gasteiger partial charge is 0.316 e. The fourth-order valence-electron chi connectivity index (χ4n) is 1.46. The van der Waals surface area contributed by atoms with Gasteiger partial charge in [-0.25, -0.2) is 0 Å². The zero-order chi connectivity index (χ0) is 11.3. The molecule has 3 heteroatoms. The predicted octanol–water partition coefficient (Wildman–Crippen LogP) is 3.70. The van der Waals surface area contributed by atoms with E-state index in [1.165, 1.54) is 0 Å². The number of likely N-dealkylation sites (N-methyl/N-ethyl adjacent to an activating group) is 1. The lowest BCUT2D eigenvalue weighted by atomic mass is 10.0. The van der Waals surface area contributed by atoms with E-state index in [1.54, 1.807) is 6.07 Å². The highest BCUT2D eigenvalue weighted by atomic mass is 35.5. The van der Waals surface area contributed by atoms with Crippen LogP contribution in [-0.4, -0.2) is 13.1 Å². The standard InChI is InChI=1S/C12H15Cl2N/c1-3-4-11(15-2)7-9-5-6-10(13)8-12(9)14/h3,5-6,8,11,15H,1,4,7H2,2H3. The lowest BCUT2D eigenvalue weighted by molar-refractivity contribution is 0.566. The van der Waals surface area contributed by atoms with E-state index in [0.29, 0.717) is 11.1 Å². The average Bonchev–Trinajstić information content (AvgIpc) is 2.21. The molecule has 1 aromatic rings. The molecule has 1 N–H and O–H groups in total. The van der Waals surface area contributed by atoms with Crippen molar-refractivity contribution in [1.82, 2.24) is 5.32 Å². The molecular formula is C12H15Cl2N. The van der Waals surface area contributed by atoms with Gasteiger partial charge in [0.2, 0.25) is 0 Å². The maximum Gasteiger partial charge on any atom is 0.0453 e. The molecule has 1 rings (SSSR count). The summed E-state index contributed by atoms with van der Waals surface area (Å²) in [4.78, 5) is 0. The first-order valence-electron chi connectivity index (χ1n) is 4.89. The van der Waals surface area contributed by atoms with E-state index in [0.717, 1.165) is 23.4 Å². The number of hydrogen-bond acceptors (Lipinski definition) is 1. The molecule has 0 heterocycles. The first-order valence-corrected chi connectivity index (χ1v) is 5.65. The highest BCUT2D eigenvalue weighted by molar-refractivity contribution is 6.35. The fraction of sp³-hybridized carbons (Fsp3) is 0.333. The normalized spacial score (nSPS) is 12.5. The molecular weight excluding hydrogens is 229 g/mol. The van der Waals surface area contributed by atoms with Gasteiger partial charge in [-0.1, -0.05) is 35.3 Å². The number of nitrogens with one attached hydrogen (secondary N) is 1. The minimum atomic E-state index is 0.376. The first kappa shape index (κ1) is 12.6. The van der Waals surface area contributed by atoms with Gasteiger partial charge in [-0.05, 0) is 37.6 Å². The molecule has 1 nitrogen and oxygen atoms in total. The Balaban J connectivity index is 2.74. The van der Waals surface area contributed by atoms with Crippen LogP contribution in [0.25, 0.3) is 0 Å². The lowest BCUT2D eigenvalue weighted by Gasteiger charge is -2.15. The molecule has 0 aliphatic rings. The van der Waals surface area contributed by atoms with Crippen LogP contribution in [-0.2, 0) is 6.42 Å². The van der Waals surface area contributed by atoms with Gasteiger partial charge in [0.1, 0.15) is 0 Å². The third-order valence-corrected chi connectivity index (χ3v) is 2.93. The van der Waals surface area contributed by atoms with E-state index in [4.69, 9.17) is 23.2 Å². The van der Waals surface area contributed by atoms with E-state index in [-0.39, 0.29) is 0 Å². The van der Waals surface area contributed by atoms with Gasteiger partial charge in [0.25, 0.3) is 0 Å². The van der Waals surface area contributed by atoms with Crippen LogP contribution in [0.3, 0.4) is 0 Å². The van der Waals surface area contributed by atoms with E-state index < -0.39 is 0 Å². The quantitative estimate of drug-likeness (QED) is 0.779. The van der Waals surface area contributed by atoms with Crippen molar-refractivity contribution in [1.29, 1.82) is 0 Å². The molecule has 1 unspecified atom stereocenters. The van der Waals surface area contributed by atoms with E-state index in [2.05, 4.69) is 11.9 Å². The van der Waals surface area contributed by atoms with Crippen LogP contribution in [0.4, 0.5) is 0 Å². The summed E-state index contributed by atoms with van der Waals surface area (Å²) in [5, 5.41) is 4.63. The van der Waals surface area contributed by atoms with Gasteiger partial charge in [-0.3, -0.25) is 0 Å². The Kier molecular flexibility index (Phi) is 5.16. The first-order chi connectivity index (χ1) is 7.17. The molecule has 0 saturated heterocycles. The second kappa shape index (κ2) is 6.16. The van der Waals surface area contributed by atoms with Crippen LogP contribution < -0.4 is 5.32 Å². The van der Waals surface area contributed by atoms with Crippen molar-refractivity contribution in [2.24, 2.45) is 0 Å². The van der Waals surface area contributed by atoms with Gasteiger partial charge in [-0.15, -0.1) is 6.58 Å². The fourth-order valence-corrected chi connectivity index (χ4v) is 1.94. The molecule has 0 fully saturated rings. The van der Waals surface area contributed by atoms with Crippen molar-refractivity contribution in [3.8, 4) is 0 Å². The summed E-state index contributed by atoms with van der Waals surface area (Å²) in [5.41, 5.74) is 1.11. The molecule has 0 radical (unpaired) electrons. The van der Waals surface area contributed by atoms with Crippen LogP contribution in [0.5, 0.6) is 0 Å². The number of benzene rings is 1. The SMILES string of the molecule is C=CCC(Cc1ccc(Cl)cc1Cl)NC. The molecule has 0 saturated carbocycles. The van der Waals surface area contributed by atoms with Gasteiger partial charge < -0.3 is 5.32 Å². The molecule has 0 bridgehead atoms. The summed E-state index contributed by atoms with van der Waals surface area (Å²) in [6.45, 7) is 3.73. The van der Waals surface area contributed by atoms with Gasteiger partial charge in [0, 0.05) is 16.1 Å². The summed E-state index contributed by atoms with van der Waals surface area (Å²) in [6, 6.07) is 5.99. The average molecular weight is 244 g/mol. The maximum absolute atomic E-state index is 6.09. The maximum atomic E-state index is 6.09. The van der Waals surface area contributed by atoms with E-state index in [1.807, 2.05) is 25.3 Å². The van der Waals surface area contributed by atoms with Gasteiger partial charge in [0.15, 0.2) is 0 Å². The highest BCUT2D eigenvalue weighted by Crippen LogP contribution is 2.22. The monoisotopic (exact) mass is 243 g/mol. The molecule has 0 aromatic heterocycles. The summed E-state index contributed by atoms with van der Waals surface area (Å²) >= 11 is 11.9. The van der Waals surface area contributed by atoms with E-state index in [9.17, 15) is 0 Å². The van der Waals surface area contributed by atoms with Crippen LogP contribution in [0.15, 0.2) is 30.9 Å². The zero-order valence-electron chi connectivity index (χ0n) is 8.76. The number of rotatable bonds is 5. The Morgan fingerprint density at radius 2 is 2.20 bits per heavy atom. The summed E-state index contributed by atoms with van der Waals surface area (Å²) < 4.78 is 0. The number of halogens is 2. The second-order valence-corrected chi connectivity index (χ2v) is 4.29. The Morgan fingerprint density at radius 1 is 1.47 bits per heavy atom. The van der Waals surface area contributed by atoms with Crippen molar-refractivity contribution < 1.29 is 0 Å². The van der Waals surface area contributed by atoms with Crippen molar-refractivity contribution in [2.45, 2.75) is 18.9 Å². The highest BCUT2D eigenvalue weighted by Gasteiger charge is 2.08. The van der Waals surface area contributed by atoms with Gasteiger partial charge >= 0.3 is 0 Å². The third kappa shape index (κ3) is 3.86. The van der Waals surface area contributed by atoms with Crippen LogP contribution >= 0.6 is 23.2 Å². The topological polar surface area (TPSA) is 12.0 Å². The van der Waals surface area contributed by atoms with Crippen LogP contribution in [0.2, 0.25) is 10.0 Å². The van der Waals surface area contributed by atoms with Crippen molar-refractivity contribution in [3.05, 3.63) is 46.5 Å². The molecule has 0 spiro atoms. The van der Waals surface area contributed by atoms with Crippen LogP contribution in [0, 0.1) is 0 Å². The third-order valence-electron chi connectivity index (χ3n) is 2.34. The van der Waals surface area contributed by atoms with Crippen molar-refractivity contribution >= 4 is 23.2 Å². The Hall–Kier alpha value is -0.500. The minimum absolute atomic E-state index is 0.376. The lowest BCUT2D eigenvalue weighted by Crippen LogP contribution is -2.26. The molecule has 0 aliphatic heterocycles. The molecule has 1 aromatic carbocycles. The number of hydrogen-bond donors (Lipinski definition) is 1. The van der Waals surface area contributed by atoms with Crippen molar-refractivity contribution in [2.75, 3.05) is 7.05 Å². The zero-order valence-corrected chi connectivity index (χ0v) is 10.3. The molecule has 1 atom stereocenters. The van der Waals surface area contributed by atoms with Gasteiger partial charge in [-0.2, -0.15) is 0 Å². The van der Waals surface area contributed by atoms with E-state index >= 15 is 0 Å². The molecule has 0 amide bonds. The molecule has 0 aliphatic carbocycles. The molecule has 82 valence electrons. The van der Waals surface area contributed by atoms with Crippen molar-refractivity contribution in [3.63, 3.8) is 0 Å². The Morgan fingerprint density at radius 3 is 2.73 bits per heavy atom. The Labute approximate surface area is 101 Å². The summed E-state index contributed by atoms with van der Waals surface area (Å²) in [7, 11) is 1.94. The summed E-state index contributed by atoms with van der Waals surface area (Å²) in [6.07, 6.45) is 3.72. The smallest absolute Gasteiger partial charge is 0.0453 e. The predicted molar refractivity (Wildman–Crippen MR) is 67.8 cm³/mol. The van der Waals surface area contributed by atoms with Crippen LogP contribution in [0.1, 0.15) is 12.0 Å². The molecule has 15 heavy (non-hydrogen) atoms. The Bertz CT molecular complexity index is 336. The van der Waals surface area contributed by atoms with Gasteiger partial charge in [0.05, 0.1) is 0 Å². The summed E-state index contributed by atoms with van der Waals surface area (Å²) in [5.74, 6) is 0.